The highest BCUT2D eigenvalue weighted by molar-refractivity contribution is 5.89. The Morgan fingerprint density at radius 1 is 1.30 bits per heavy atom. The van der Waals surface area contributed by atoms with Crippen LogP contribution in [0.4, 0.5) is 10.5 Å². The smallest absolute Gasteiger partial charge is 0.321 e. The summed E-state index contributed by atoms with van der Waals surface area (Å²) in [5.41, 5.74) is 1.66. The molecular formula is C19H28N6O2. The van der Waals surface area contributed by atoms with Gasteiger partial charge in [0.25, 0.3) is 0 Å². The van der Waals surface area contributed by atoms with Crippen molar-refractivity contribution in [3.8, 4) is 5.69 Å². The Labute approximate surface area is 160 Å². The molecule has 146 valence electrons. The number of ether oxygens (including phenoxy) is 1. The summed E-state index contributed by atoms with van der Waals surface area (Å²) in [5, 5.41) is 10.6. The van der Waals surface area contributed by atoms with Gasteiger partial charge in [0.05, 0.1) is 12.3 Å². The van der Waals surface area contributed by atoms with Gasteiger partial charge < -0.3 is 19.9 Å². The van der Waals surface area contributed by atoms with E-state index < -0.39 is 0 Å². The van der Waals surface area contributed by atoms with Crippen molar-refractivity contribution in [2.24, 2.45) is 5.92 Å². The molecule has 1 aliphatic heterocycles. The Balaban J connectivity index is 1.48. The van der Waals surface area contributed by atoms with Crippen LogP contribution in [0.2, 0.25) is 0 Å². The van der Waals surface area contributed by atoms with Crippen LogP contribution in [0, 0.1) is 5.92 Å². The maximum atomic E-state index is 12.5. The van der Waals surface area contributed by atoms with Crippen molar-refractivity contribution in [1.82, 2.24) is 24.6 Å². The number of nitrogens with zero attached hydrogens (tertiary/aromatic N) is 5. The second-order valence-corrected chi connectivity index (χ2v) is 7.01. The molecule has 1 fully saturated rings. The zero-order valence-electron chi connectivity index (χ0n) is 16.0. The Bertz CT molecular complexity index is 713. The summed E-state index contributed by atoms with van der Waals surface area (Å²) < 4.78 is 6.95. The fourth-order valence-corrected chi connectivity index (χ4v) is 3.38. The first-order valence-corrected chi connectivity index (χ1v) is 9.34. The van der Waals surface area contributed by atoms with Crippen LogP contribution in [0.3, 0.4) is 0 Å². The fourth-order valence-electron chi connectivity index (χ4n) is 3.38. The Morgan fingerprint density at radius 3 is 2.74 bits per heavy atom. The quantitative estimate of drug-likeness (QED) is 0.805. The van der Waals surface area contributed by atoms with E-state index in [0.29, 0.717) is 5.92 Å². The molecule has 0 radical (unpaired) electrons. The molecule has 1 aliphatic rings. The second-order valence-electron chi connectivity index (χ2n) is 7.01. The normalized spacial score (nSPS) is 15.6. The molecule has 0 atom stereocenters. The van der Waals surface area contributed by atoms with E-state index >= 15 is 0 Å². The molecule has 8 heteroatoms. The van der Waals surface area contributed by atoms with Crippen molar-refractivity contribution >= 4 is 11.7 Å². The molecule has 1 N–H and O–H groups in total. The molecule has 2 heterocycles. The number of carbonyl (C=O) groups is 1. The van der Waals surface area contributed by atoms with Crippen LogP contribution in [0.15, 0.2) is 36.9 Å². The zero-order chi connectivity index (χ0) is 19.1. The number of amides is 2. The van der Waals surface area contributed by atoms with Gasteiger partial charge in [-0.05, 0) is 50.0 Å². The molecule has 0 spiro atoms. The monoisotopic (exact) mass is 372 g/mol. The summed E-state index contributed by atoms with van der Waals surface area (Å²) in [6, 6.07) is 7.55. The van der Waals surface area contributed by atoms with Crippen molar-refractivity contribution in [3.63, 3.8) is 0 Å². The van der Waals surface area contributed by atoms with E-state index in [1.807, 2.05) is 31.3 Å². The van der Waals surface area contributed by atoms with Crippen LogP contribution in [-0.4, -0.2) is 77.5 Å². The Hall–Kier alpha value is -2.45. The maximum Gasteiger partial charge on any atom is 0.321 e. The van der Waals surface area contributed by atoms with Crippen LogP contribution in [0.1, 0.15) is 12.8 Å². The molecule has 0 saturated carbocycles. The van der Waals surface area contributed by atoms with E-state index in [4.69, 9.17) is 4.74 Å². The predicted octanol–water partition coefficient (Wildman–Crippen LogP) is 2.09. The topological polar surface area (TPSA) is 75.5 Å². The molecule has 2 amide bonds. The standard InChI is InChI=1S/C19H28N6O2/c1-23(13-16-6-8-24(9-7-16)10-11-27-2)19(26)22-17-4-3-5-18(12-17)25-14-20-21-15-25/h3-5,12,14-16H,6-11,13H2,1-2H3,(H,22,26). The first kappa shape index (κ1) is 19.3. The van der Waals surface area contributed by atoms with Crippen molar-refractivity contribution < 1.29 is 9.53 Å². The van der Waals surface area contributed by atoms with E-state index in [0.717, 1.165) is 57.0 Å². The van der Waals surface area contributed by atoms with Crippen molar-refractivity contribution in [3.05, 3.63) is 36.9 Å². The molecule has 3 rings (SSSR count). The maximum absolute atomic E-state index is 12.5. The van der Waals surface area contributed by atoms with Gasteiger partial charge in [-0.25, -0.2) is 4.79 Å². The number of nitrogens with one attached hydrogen (secondary N) is 1. The van der Waals surface area contributed by atoms with Crippen LogP contribution in [0.25, 0.3) is 5.69 Å². The number of hydrogen-bond donors (Lipinski definition) is 1. The summed E-state index contributed by atoms with van der Waals surface area (Å²) in [7, 11) is 3.60. The van der Waals surface area contributed by atoms with E-state index in [9.17, 15) is 4.79 Å². The molecule has 0 unspecified atom stereocenters. The van der Waals surface area contributed by atoms with E-state index in [-0.39, 0.29) is 6.03 Å². The van der Waals surface area contributed by atoms with Crippen molar-refractivity contribution in [2.75, 3.05) is 52.3 Å². The minimum absolute atomic E-state index is 0.0854. The van der Waals surface area contributed by atoms with Gasteiger partial charge in [-0.3, -0.25) is 4.57 Å². The number of carbonyl (C=O) groups excluding carboxylic acids is 1. The Morgan fingerprint density at radius 2 is 2.04 bits per heavy atom. The number of piperidine rings is 1. The highest BCUT2D eigenvalue weighted by atomic mass is 16.5. The van der Waals surface area contributed by atoms with E-state index in [1.165, 1.54) is 0 Å². The third-order valence-corrected chi connectivity index (χ3v) is 5.01. The van der Waals surface area contributed by atoms with Crippen LogP contribution in [-0.2, 0) is 4.74 Å². The molecule has 2 aromatic rings. The number of likely N-dealkylation sites (tertiary alicyclic amines) is 1. The van der Waals surface area contributed by atoms with Gasteiger partial charge in [0.1, 0.15) is 12.7 Å². The highest BCUT2D eigenvalue weighted by Gasteiger charge is 2.22. The van der Waals surface area contributed by atoms with Gasteiger partial charge in [0.15, 0.2) is 0 Å². The molecular weight excluding hydrogens is 344 g/mol. The summed E-state index contributed by atoms with van der Waals surface area (Å²) in [6.45, 7) is 4.69. The molecule has 27 heavy (non-hydrogen) atoms. The lowest BCUT2D eigenvalue weighted by Crippen LogP contribution is -2.41. The number of benzene rings is 1. The third-order valence-electron chi connectivity index (χ3n) is 5.01. The lowest BCUT2D eigenvalue weighted by atomic mass is 9.96. The molecule has 8 nitrogen and oxygen atoms in total. The van der Waals surface area contributed by atoms with E-state index in [1.54, 1.807) is 29.2 Å². The lowest BCUT2D eigenvalue weighted by molar-refractivity contribution is 0.113. The number of anilines is 1. The third kappa shape index (κ3) is 5.51. The van der Waals surface area contributed by atoms with Crippen molar-refractivity contribution in [1.29, 1.82) is 0 Å². The van der Waals surface area contributed by atoms with Crippen LogP contribution >= 0.6 is 0 Å². The molecule has 0 bridgehead atoms. The Kier molecular flexibility index (Phi) is 6.78. The van der Waals surface area contributed by atoms with Gasteiger partial charge in [-0.15, -0.1) is 10.2 Å². The number of aromatic nitrogens is 3. The first-order chi connectivity index (χ1) is 13.2. The molecule has 1 aromatic carbocycles. The first-order valence-electron chi connectivity index (χ1n) is 9.34. The number of rotatable bonds is 7. The van der Waals surface area contributed by atoms with Crippen molar-refractivity contribution in [2.45, 2.75) is 12.8 Å². The zero-order valence-corrected chi connectivity index (χ0v) is 16.0. The van der Waals surface area contributed by atoms with Gasteiger partial charge in [-0.2, -0.15) is 0 Å². The summed E-state index contributed by atoms with van der Waals surface area (Å²) in [6.07, 6.45) is 5.49. The van der Waals surface area contributed by atoms with Crippen LogP contribution in [0.5, 0.6) is 0 Å². The van der Waals surface area contributed by atoms with Crippen LogP contribution < -0.4 is 5.32 Å². The SMILES string of the molecule is COCCN1CCC(CN(C)C(=O)Nc2cccc(-n3cnnc3)c2)CC1. The van der Waals surface area contributed by atoms with Gasteiger partial charge in [0.2, 0.25) is 0 Å². The summed E-state index contributed by atoms with van der Waals surface area (Å²) in [5.74, 6) is 0.544. The minimum Gasteiger partial charge on any atom is -0.383 e. The lowest BCUT2D eigenvalue weighted by Gasteiger charge is -2.33. The number of urea groups is 1. The van der Waals surface area contributed by atoms with Gasteiger partial charge in [0, 0.05) is 32.9 Å². The van der Waals surface area contributed by atoms with E-state index in [2.05, 4.69) is 20.4 Å². The number of methoxy groups -OCH3 is 1. The molecule has 1 aromatic heterocycles. The second kappa shape index (κ2) is 9.48. The van der Waals surface area contributed by atoms with Gasteiger partial charge in [-0.1, -0.05) is 6.07 Å². The van der Waals surface area contributed by atoms with Gasteiger partial charge >= 0.3 is 6.03 Å². The molecule has 0 aliphatic carbocycles. The highest BCUT2D eigenvalue weighted by Crippen LogP contribution is 2.19. The molecule has 1 saturated heterocycles. The minimum atomic E-state index is -0.0854. The largest absolute Gasteiger partial charge is 0.383 e. The predicted molar refractivity (Wildman–Crippen MR) is 104 cm³/mol. The average molecular weight is 372 g/mol. The summed E-state index contributed by atoms with van der Waals surface area (Å²) >= 11 is 0. The fraction of sp³-hybridized carbons (Fsp3) is 0.526. The summed E-state index contributed by atoms with van der Waals surface area (Å²) in [4.78, 5) is 16.8. The number of hydrogen-bond acceptors (Lipinski definition) is 5. The average Bonchev–Trinajstić information content (AvgIpc) is 3.22.